The molecule has 2 N–H and O–H groups in total. The molecule has 1 aromatic carbocycles. The molecule has 1 aromatic heterocycles. The van der Waals surface area contributed by atoms with Gasteiger partial charge in [0.05, 0.1) is 5.69 Å². The van der Waals surface area contributed by atoms with E-state index in [2.05, 4.69) is 54.4 Å². The smallest absolute Gasteiger partial charge is 0.225 e. The van der Waals surface area contributed by atoms with Crippen LogP contribution in [0.2, 0.25) is 5.02 Å². The summed E-state index contributed by atoms with van der Waals surface area (Å²) in [5.74, 6) is 2.11. The van der Waals surface area contributed by atoms with Crippen molar-refractivity contribution >= 4 is 29.1 Å². The highest BCUT2D eigenvalue weighted by Gasteiger charge is 2.26. The second-order valence-electron chi connectivity index (χ2n) is 6.61. The van der Waals surface area contributed by atoms with Crippen molar-refractivity contribution in [3.05, 3.63) is 40.0 Å². The fraction of sp³-hybridized carbons (Fsp3) is 0.444. The van der Waals surface area contributed by atoms with Crippen LogP contribution in [0.25, 0.3) is 0 Å². The first-order valence-corrected chi connectivity index (χ1v) is 8.49. The van der Waals surface area contributed by atoms with Crippen LogP contribution < -0.4 is 10.6 Å². The summed E-state index contributed by atoms with van der Waals surface area (Å²) < 4.78 is 0. The van der Waals surface area contributed by atoms with E-state index in [4.69, 9.17) is 11.6 Å². The molecular weight excluding hydrogens is 308 g/mol. The molecule has 0 atom stereocenters. The number of benzene rings is 1. The van der Waals surface area contributed by atoms with E-state index in [0.717, 1.165) is 33.3 Å². The Kier molecular flexibility index (Phi) is 4.44. The fourth-order valence-electron chi connectivity index (χ4n) is 2.68. The second-order valence-corrected chi connectivity index (χ2v) is 7.05. The van der Waals surface area contributed by atoms with Gasteiger partial charge in [0.25, 0.3) is 0 Å². The number of rotatable bonds is 5. The standard InChI is InChI=1S/C18H23ClN4/c1-10(2)20-18-21-15(13-5-6-13)9-16(23-18)22-17-11(3)7-14(19)8-12(17)4/h7-10,13H,5-6H2,1-4H3,(H2,20,21,22,23). The molecule has 1 aliphatic carbocycles. The minimum atomic E-state index is 0.302. The molecule has 1 fully saturated rings. The van der Waals surface area contributed by atoms with Crippen LogP contribution in [0, 0.1) is 13.8 Å². The van der Waals surface area contributed by atoms with Crippen molar-refractivity contribution < 1.29 is 0 Å². The quantitative estimate of drug-likeness (QED) is 0.792. The normalized spacial score (nSPS) is 14.2. The molecule has 1 saturated carbocycles. The number of hydrogen-bond acceptors (Lipinski definition) is 4. The summed E-state index contributed by atoms with van der Waals surface area (Å²) >= 11 is 6.12. The number of aryl methyl sites for hydroxylation is 2. The molecule has 0 saturated heterocycles. The van der Waals surface area contributed by atoms with E-state index in [-0.39, 0.29) is 0 Å². The molecule has 3 rings (SSSR count). The van der Waals surface area contributed by atoms with Crippen molar-refractivity contribution in [1.82, 2.24) is 9.97 Å². The van der Waals surface area contributed by atoms with Crippen molar-refractivity contribution in [3.63, 3.8) is 0 Å². The van der Waals surface area contributed by atoms with Gasteiger partial charge < -0.3 is 10.6 Å². The third kappa shape index (κ3) is 3.94. The Balaban J connectivity index is 1.94. The Labute approximate surface area is 142 Å². The molecular formula is C18H23ClN4. The summed E-state index contributed by atoms with van der Waals surface area (Å²) in [4.78, 5) is 9.27. The third-order valence-corrected chi connectivity index (χ3v) is 4.13. The Hall–Kier alpha value is -1.81. The molecule has 0 unspecified atom stereocenters. The van der Waals surface area contributed by atoms with Gasteiger partial charge in [-0.3, -0.25) is 0 Å². The molecule has 2 aromatic rings. The predicted molar refractivity (Wildman–Crippen MR) is 97.0 cm³/mol. The minimum absolute atomic E-state index is 0.302. The monoisotopic (exact) mass is 330 g/mol. The Morgan fingerprint density at radius 2 is 1.74 bits per heavy atom. The van der Waals surface area contributed by atoms with E-state index in [9.17, 15) is 0 Å². The number of nitrogens with one attached hydrogen (secondary N) is 2. The minimum Gasteiger partial charge on any atom is -0.352 e. The summed E-state index contributed by atoms with van der Waals surface area (Å²) in [6.45, 7) is 8.29. The van der Waals surface area contributed by atoms with Crippen molar-refractivity contribution in [2.45, 2.75) is 52.5 Å². The van der Waals surface area contributed by atoms with E-state index in [0.29, 0.717) is 17.9 Å². The third-order valence-electron chi connectivity index (χ3n) is 3.91. The first kappa shape index (κ1) is 16.1. The van der Waals surface area contributed by atoms with Crippen LogP contribution in [-0.2, 0) is 0 Å². The van der Waals surface area contributed by atoms with Gasteiger partial charge in [-0.15, -0.1) is 0 Å². The van der Waals surface area contributed by atoms with Gasteiger partial charge in [0.2, 0.25) is 5.95 Å². The molecule has 122 valence electrons. The molecule has 0 spiro atoms. The predicted octanol–water partition coefficient (Wildman–Crippen LogP) is 5.19. The largest absolute Gasteiger partial charge is 0.352 e. The van der Waals surface area contributed by atoms with E-state index in [1.165, 1.54) is 12.8 Å². The van der Waals surface area contributed by atoms with Gasteiger partial charge in [0, 0.05) is 28.7 Å². The molecule has 0 amide bonds. The zero-order chi connectivity index (χ0) is 16.6. The average Bonchev–Trinajstić information content (AvgIpc) is 3.26. The lowest BCUT2D eigenvalue weighted by Crippen LogP contribution is -2.14. The van der Waals surface area contributed by atoms with Crippen LogP contribution in [0.4, 0.5) is 17.5 Å². The van der Waals surface area contributed by atoms with Crippen molar-refractivity contribution in [1.29, 1.82) is 0 Å². The highest BCUT2D eigenvalue weighted by Crippen LogP contribution is 2.40. The molecule has 1 heterocycles. The number of halogens is 1. The van der Waals surface area contributed by atoms with Gasteiger partial charge in [0.15, 0.2) is 0 Å². The molecule has 5 heteroatoms. The maximum Gasteiger partial charge on any atom is 0.225 e. The highest BCUT2D eigenvalue weighted by atomic mass is 35.5. The SMILES string of the molecule is Cc1cc(Cl)cc(C)c1Nc1cc(C2CC2)nc(NC(C)C)n1. The van der Waals surface area contributed by atoms with E-state index in [1.54, 1.807) is 0 Å². The second kappa shape index (κ2) is 6.36. The maximum absolute atomic E-state index is 6.12. The Morgan fingerprint density at radius 3 is 2.30 bits per heavy atom. The molecule has 4 nitrogen and oxygen atoms in total. The average molecular weight is 331 g/mol. The number of anilines is 3. The van der Waals surface area contributed by atoms with Crippen LogP contribution in [0.5, 0.6) is 0 Å². The summed E-state index contributed by atoms with van der Waals surface area (Å²) in [6.07, 6.45) is 2.44. The summed E-state index contributed by atoms with van der Waals surface area (Å²) in [5.41, 5.74) is 4.40. The van der Waals surface area contributed by atoms with Crippen LogP contribution in [0.15, 0.2) is 18.2 Å². The van der Waals surface area contributed by atoms with Crippen molar-refractivity contribution in [3.8, 4) is 0 Å². The topological polar surface area (TPSA) is 49.8 Å². The lowest BCUT2D eigenvalue weighted by Gasteiger charge is -2.15. The number of nitrogens with zero attached hydrogens (tertiary/aromatic N) is 2. The van der Waals surface area contributed by atoms with Gasteiger partial charge in [-0.25, -0.2) is 4.98 Å². The zero-order valence-corrected chi connectivity index (χ0v) is 14.8. The van der Waals surface area contributed by atoms with E-state index >= 15 is 0 Å². The lowest BCUT2D eigenvalue weighted by atomic mass is 10.1. The fourth-order valence-corrected chi connectivity index (χ4v) is 3.00. The molecule has 0 aliphatic heterocycles. The number of aromatic nitrogens is 2. The van der Waals surface area contributed by atoms with Gasteiger partial charge in [0.1, 0.15) is 5.82 Å². The molecule has 23 heavy (non-hydrogen) atoms. The van der Waals surface area contributed by atoms with Gasteiger partial charge in [-0.1, -0.05) is 11.6 Å². The number of hydrogen-bond donors (Lipinski definition) is 2. The molecule has 0 radical (unpaired) electrons. The maximum atomic E-state index is 6.12. The van der Waals surface area contributed by atoms with Crippen molar-refractivity contribution in [2.24, 2.45) is 0 Å². The van der Waals surface area contributed by atoms with Crippen LogP contribution in [0.1, 0.15) is 49.4 Å². The summed E-state index contributed by atoms with van der Waals surface area (Å²) in [5, 5.41) is 7.52. The summed E-state index contributed by atoms with van der Waals surface area (Å²) in [7, 11) is 0. The zero-order valence-electron chi connectivity index (χ0n) is 14.1. The first-order valence-electron chi connectivity index (χ1n) is 8.11. The lowest BCUT2D eigenvalue weighted by molar-refractivity contribution is 0.864. The highest BCUT2D eigenvalue weighted by molar-refractivity contribution is 6.30. The molecule has 0 bridgehead atoms. The summed E-state index contributed by atoms with van der Waals surface area (Å²) in [6, 6.07) is 6.30. The van der Waals surface area contributed by atoms with E-state index < -0.39 is 0 Å². The molecule has 1 aliphatic rings. The Morgan fingerprint density at radius 1 is 1.09 bits per heavy atom. The van der Waals surface area contributed by atoms with Crippen LogP contribution in [0.3, 0.4) is 0 Å². The van der Waals surface area contributed by atoms with Crippen LogP contribution in [-0.4, -0.2) is 16.0 Å². The van der Waals surface area contributed by atoms with E-state index in [1.807, 2.05) is 12.1 Å². The van der Waals surface area contributed by atoms with Gasteiger partial charge >= 0.3 is 0 Å². The van der Waals surface area contributed by atoms with Gasteiger partial charge in [-0.2, -0.15) is 4.98 Å². The van der Waals surface area contributed by atoms with Crippen molar-refractivity contribution in [2.75, 3.05) is 10.6 Å². The van der Waals surface area contributed by atoms with Crippen LogP contribution >= 0.6 is 11.6 Å². The first-order chi connectivity index (χ1) is 10.9. The Bertz CT molecular complexity index is 700. The van der Waals surface area contributed by atoms with Gasteiger partial charge in [-0.05, 0) is 63.8 Å².